The summed E-state index contributed by atoms with van der Waals surface area (Å²) in [5.41, 5.74) is -0.600. The standard InChI is InChI=1S/C13H22N2O5/c1-13(6-3-7-14-8-13)12(19)15-9(11(17)18)4-5-10(16)20-2/h9,14H,3-8H2,1-2H3,(H,15,19)(H,17,18)/t9-,13?/m1/s1. The Balaban J connectivity index is 2.58. The topological polar surface area (TPSA) is 105 Å². The normalized spacial score (nSPS) is 23.7. The first-order valence-corrected chi connectivity index (χ1v) is 6.70. The number of aliphatic carboxylic acids is 1. The van der Waals surface area contributed by atoms with Crippen LogP contribution in [0.25, 0.3) is 0 Å². The number of esters is 1. The van der Waals surface area contributed by atoms with Crippen LogP contribution < -0.4 is 10.6 Å². The van der Waals surface area contributed by atoms with Crippen molar-refractivity contribution in [2.24, 2.45) is 5.41 Å². The largest absolute Gasteiger partial charge is 0.480 e. The van der Waals surface area contributed by atoms with Crippen molar-refractivity contribution in [3.8, 4) is 0 Å². The predicted molar refractivity (Wildman–Crippen MR) is 71.0 cm³/mol. The SMILES string of the molecule is COC(=O)CC[C@@H](NC(=O)C1(C)CCCNC1)C(=O)O. The Morgan fingerprint density at radius 1 is 1.45 bits per heavy atom. The molecule has 0 bridgehead atoms. The number of carboxylic acids is 1. The number of hydrogen-bond donors (Lipinski definition) is 3. The highest BCUT2D eigenvalue weighted by atomic mass is 16.5. The fourth-order valence-electron chi connectivity index (χ4n) is 2.20. The molecular formula is C13H22N2O5. The third kappa shape index (κ3) is 4.48. The van der Waals surface area contributed by atoms with Gasteiger partial charge in [0, 0.05) is 13.0 Å². The summed E-state index contributed by atoms with van der Waals surface area (Å²) < 4.78 is 4.47. The van der Waals surface area contributed by atoms with Crippen molar-refractivity contribution in [1.82, 2.24) is 10.6 Å². The minimum absolute atomic E-state index is 0.0251. The van der Waals surface area contributed by atoms with Crippen LogP contribution in [0.4, 0.5) is 0 Å². The summed E-state index contributed by atoms with van der Waals surface area (Å²) in [6.45, 7) is 3.21. The van der Waals surface area contributed by atoms with E-state index in [1.165, 1.54) is 7.11 Å². The van der Waals surface area contributed by atoms with E-state index in [-0.39, 0.29) is 18.7 Å². The molecule has 0 radical (unpaired) electrons. The molecule has 1 unspecified atom stereocenters. The van der Waals surface area contributed by atoms with Crippen molar-refractivity contribution in [1.29, 1.82) is 0 Å². The van der Waals surface area contributed by atoms with Crippen molar-refractivity contribution >= 4 is 17.8 Å². The number of carbonyl (C=O) groups excluding carboxylic acids is 2. The first-order chi connectivity index (χ1) is 9.39. The van der Waals surface area contributed by atoms with E-state index in [0.29, 0.717) is 6.54 Å². The third-order valence-electron chi connectivity index (χ3n) is 3.61. The molecule has 2 atom stereocenters. The maximum absolute atomic E-state index is 12.2. The molecule has 1 rings (SSSR count). The summed E-state index contributed by atoms with van der Waals surface area (Å²) >= 11 is 0. The molecule has 3 N–H and O–H groups in total. The van der Waals surface area contributed by atoms with E-state index in [0.717, 1.165) is 19.4 Å². The van der Waals surface area contributed by atoms with Crippen LogP contribution >= 0.6 is 0 Å². The number of rotatable bonds is 6. The van der Waals surface area contributed by atoms with Crippen molar-refractivity contribution in [3.05, 3.63) is 0 Å². The van der Waals surface area contributed by atoms with Gasteiger partial charge in [-0.2, -0.15) is 0 Å². The van der Waals surface area contributed by atoms with E-state index in [9.17, 15) is 14.4 Å². The molecule has 7 heteroatoms. The molecule has 1 amide bonds. The minimum atomic E-state index is -1.14. The molecule has 1 saturated heterocycles. The third-order valence-corrected chi connectivity index (χ3v) is 3.61. The summed E-state index contributed by atoms with van der Waals surface area (Å²) in [5, 5.41) is 14.8. The number of carbonyl (C=O) groups is 3. The van der Waals surface area contributed by atoms with Gasteiger partial charge in [0.2, 0.25) is 5.91 Å². The summed E-state index contributed by atoms with van der Waals surface area (Å²) in [7, 11) is 1.24. The predicted octanol–water partition coefficient (Wildman–Crippen LogP) is -0.101. The molecule has 0 aromatic rings. The lowest BCUT2D eigenvalue weighted by molar-refractivity contribution is -0.145. The number of nitrogens with one attached hydrogen (secondary N) is 2. The molecule has 20 heavy (non-hydrogen) atoms. The van der Waals surface area contributed by atoms with Crippen molar-refractivity contribution in [2.75, 3.05) is 20.2 Å². The Kier molecular flexibility index (Phi) is 5.94. The molecule has 114 valence electrons. The van der Waals surface area contributed by atoms with Gasteiger partial charge in [-0.25, -0.2) is 4.79 Å². The highest BCUT2D eigenvalue weighted by Crippen LogP contribution is 2.25. The van der Waals surface area contributed by atoms with Crippen molar-refractivity contribution < 1.29 is 24.2 Å². The van der Waals surface area contributed by atoms with E-state index in [1.54, 1.807) is 0 Å². The average molecular weight is 286 g/mol. The number of carboxylic acid groups (broad SMARTS) is 1. The van der Waals surface area contributed by atoms with Crippen LogP contribution in [-0.4, -0.2) is 49.2 Å². The lowest BCUT2D eigenvalue weighted by atomic mass is 9.81. The molecule has 0 spiro atoms. The minimum Gasteiger partial charge on any atom is -0.480 e. The monoisotopic (exact) mass is 286 g/mol. The Morgan fingerprint density at radius 3 is 2.65 bits per heavy atom. The number of methoxy groups -OCH3 is 1. The second-order valence-corrected chi connectivity index (χ2v) is 5.32. The van der Waals surface area contributed by atoms with Gasteiger partial charge in [0.25, 0.3) is 0 Å². The molecule has 1 aliphatic rings. The Bertz CT molecular complexity index is 377. The zero-order chi connectivity index (χ0) is 15.2. The van der Waals surface area contributed by atoms with Gasteiger partial charge in [0.05, 0.1) is 12.5 Å². The van der Waals surface area contributed by atoms with E-state index in [4.69, 9.17) is 5.11 Å². The second kappa shape index (κ2) is 7.23. The molecule has 0 aromatic heterocycles. The summed E-state index contributed by atoms with van der Waals surface area (Å²) in [5.74, 6) is -1.92. The smallest absolute Gasteiger partial charge is 0.326 e. The van der Waals surface area contributed by atoms with Gasteiger partial charge in [-0.05, 0) is 32.7 Å². The van der Waals surface area contributed by atoms with Crippen LogP contribution in [0.2, 0.25) is 0 Å². The van der Waals surface area contributed by atoms with Gasteiger partial charge in [-0.1, -0.05) is 0 Å². The molecule has 1 fully saturated rings. The molecular weight excluding hydrogens is 264 g/mol. The summed E-state index contributed by atoms with van der Waals surface area (Å²) in [6.07, 6.45) is 1.58. The second-order valence-electron chi connectivity index (χ2n) is 5.32. The van der Waals surface area contributed by atoms with Gasteiger partial charge < -0.3 is 20.5 Å². The molecule has 7 nitrogen and oxygen atoms in total. The van der Waals surface area contributed by atoms with Crippen molar-refractivity contribution in [2.45, 2.75) is 38.6 Å². The fourth-order valence-corrected chi connectivity index (χ4v) is 2.20. The maximum atomic E-state index is 12.2. The highest BCUT2D eigenvalue weighted by Gasteiger charge is 2.36. The highest BCUT2D eigenvalue weighted by molar-refractivity contribution is 5.87. The fraction of sp³-hybridized carbons (Fsp3) is 0.769. The number of hydrogen-bond acceptors (Lipinski definition) is 5. The molecule has 0 aromatic carbocycles. The molecule has 0 aliphatic carbocycles. The van der Waals surface area contributed by atoms with E-state index < -0.39 is 23.4 Å². The van der Waals surface area contributed by atoms with E-state index >= 15 is 0 Å². The summed E-state index contributed by atoms with van der Waals surface area (Å²) in [4.78, 5) is 34.4. The van der Waals surface area contributed by atoms with Gasteiger partial charge in [0.15, 0.2) is 0 Å². The van der Waals surface area contributed by atoms with Gasteiger partial charge in [-0.3, -0.25) is 9.59 Å². The van der Waals surface area contributed by atoms with E-state index in [1.807, 2.05) is 6.92 Å². The first-order valence-electron chi connectivity index (χ1n) is 6.70. The summed E-state index contributed by atoms with van der Waals surface area (Å²) in [6, 6.07) is -1.07. The zero-order valence-electron chi connectivity index (χ0n) is 11.9. The molecule has 0 saturated carbocycles. The number of piperidine rings is 1. The molecule has 1 aliphatic heterocycles. The molecule has 1 heterocycles. The Morgan fingerprint density at radius 2 is 2.15 bits per heavy atom. The van der Waals surface area contributed by atoms with Gasteiger partial charge >= 0.3 is 11.9 Å². The quantitative estimate of drug-likeness (QED) is 0.589. The average Bonchev–Trinajstić information content (AvgIpc) is 2.43. The van der Waals surface area contributed by atoms with Crippen LogP contribution in [0.15, 0.2) is 0 Å². The number of amides is 1. The zero-order valence-corrected chi connectivity index (χ0v) is 11.9. The maximum Gasteiger partial charge on any atom is 0.326 e. The van der Waals surface area contributed by atoms with Crippen molar-refractivity contribution in [3.63, 3.8) is 0 Å². The number of ether oxygens (including phenoxy) is 1. The lowest BCUT2D eigenvalue weighted by Gasteiger charge is -2.33. The van der Waals surface area contributed by atoms with Crippen LogP contribution in [0.3, 0.4) is 0 Å². The lowest BCUT2D eigenvalue weighted by Crippen LogP contribution is -2.52. The Labute approximate surface area is 118 Å². The first kappa shape index (κ1) is 16.4. The van der Waals surface area contributed by atoms with Crippen LogP contribution in [-0.2, 0) is 19.1 Å². The van der Waals surface area contributed by atoms with Crippen LogP contribution in [0.1, 0.15) is 32.6 Å². The van der Waals surface area contributed by atoms with Crippen LogP contribution in [0, 0.1) is 5.41 Å². The van der Waals surface area contributed by atoms with Gasteiger partial charge in [-0.15, -0.1) is 0 Å². The Hall–Kier alpha value is -1.63. The van der Waals surface area contributed by atoms with E-state index in [2.05, 4.69) is 15.4 Å². The van der Waals surface area contributed by atoms with Crippen LogP contribution in [0.5, 0.6) is 0 Å². The van der Waals surface area contributed by atoms with Gasteiger partial charge in [0.1, 0.15) is 6.04 Å².